The van der Waals surface area contributed by atoms with Gasteiger partial charge in [0, 0.05) is 11.4 Å². The van der Waals surface area contributed by atoms with Crippen LogP contribution in [0, 0.1) is 19.3 Å². The molecule has 0 aliphatic carbocycles. The fourth-order valence-electron chi connectivity index (χ4n) is 3.21. The zero-order valence-corrected chi connectivity index (χ0v) is 17.6. The van der Waals surface area contributed by atoms with Crippen LogP contribution < -0.4 is 0 Å². The number of halogens is 2. The highest BCUT2D eigenvalue weighted by Gasteiger charge is 2.34. The maximum Gasteiger partial charge on any atom is 0.283 e. The highest BCUT2D eigenvalue weighted by atomic mass is 35.5. The predicted molar refractivity (Wildman–Crippen MR) is 116 cm³/mol. The lowest BCUT2D eigenvalue weighted by molar-refractivity contribution is -0.114. The Morgan fingerprint density at radius 2 is 1.96 bits per heavy atom. The Labute approximate surface area is 176 Å². The molecular formula is C19H15Cl2N5OS. The van der Waals surface area contributed by atoms with Crippen molar-refractivity contribution in [2.45, 2.75) is 20.8 Å². The molecule has 1 N–H and O–H groups in total. The van der Waals surface area contributed by atoms with Gasteiger partial charge in [0.2, 0.25) is 5.17 Å². The number of fused-ring (bicyclic) bond motifs is 1. The summed E-state index contributed by atoms with van der Waals surface area (Å²) in [5, 5.41) is 16.1. The molecule has 6 nitrogen and oxygen atoms in total. The van der Waals surface area contributed by atoms with Crippen LogP contribution in [0.15, 0.2) is 39.9 Å². The van der Waals surface area contributed by atoms with Crippen molar-refractivity contribution in [2.75, 3.05) is 0 Å². The minimum Gasteiger partial charge on any atom is -0.316 e. The van der Waals surface area contributed by atoms with E-state index in [0.29, 0.717) is 15.2 Å². The van der Waals surface area contributed by atoms with E-state index in [1.54, 1.807) is 12.1 Å². The summed E-state index contributed by atoms with van der Waals surface area (Å²) in [6.45, 7) is 5.69. The lowest BCUT2D eigenvalue weighted by Gasteiger charge is -2.20. The van der Waals surface area contributed by atoms with Crippen LogP contribution in [0.3, 0.4) is 0 Å². The summed E-state index contributed by atoms with van der Waals surface area (Å²) >= 11 is 13.8. The van der Waals surface area contributed by atoms with E-state index < -0.39 is 5.91 Å². The third kappa shape index (κ3) is 2.99. The van der Waals surface area contributed by atoms with Crippen LogP contribution in [0.2, 0.25) is 10.0 Å². The van der Waals surface area contributed by atoms with Crippen LogP contribution in [0.25, 0.3) is 11.8 Å². The second kappa shape index (κ2) is 6.92. The summed E-state index contributed by atoms with van der Waals surface area (Å²) in [6.07, 6.45) is 1.68. The zero-order chi connectivity index (χ0) is 20.2. The Balaban J connectivity index is 1.81. The molecule has 1 aromatic heterocycles. The number of hydrogen-bond donors (Lipinski definition) is 1. The van der Waals surface area contributed by atoms with Gasteiger partial charge in [-0.15, -0.1) is 0 Å². The summed E-state index contributed by atoms with van der Waals surface area (Å²) in [5.41, 5.74) is 3.56. The molecule has 0 radical (unpaired) electrons. The Kier molecular flexibility index (Phi) is 4.69. The number of aliphatic imine (C=N–C) groups is 1. The lowest BCUT2D eigenvalue weighted by Crippen LogP contribution is -2.35. The SMILES string of the molecule is CC1=NN2C(=N)/C(=C/c3cc(C)n(-c4cccc(Cl)c4Cl)c3C)C(=O)N=C2S1. The number of aromatic nitrogens is 1. The smallest absolute Gasteiger partial charge is 0.283 e. The molecule has 0 bridgehead atoms. The first-order chi connectivity index (χ1) is 13.3. The number of carbonyl (C=O) groups is 1. The number of nitrogens with one attached hydrogen (secondary N) is 1. The molecule has 0 atom stereocenters. The standard InChI is InChI=1S/C19H15Cl2N5OS/c1-9-7-12(10(2)25(9)15-6-4-5-14(20)16(15)21)8-13-17(22)26-19(23-18(13)27)28-11(3)24-26/h4-8,22H,1-3H3/b13-8-,22-17?. The van der Waals surface area contributed by atoms with Gasteiger partial charge >= 0.3 is 0 Å². The van der Waals surface area contributed by atoms with Gasteiger partial charge < -0.3 is 4.57 Å². The summed E-state index contributed by atoms with van der Waals surface area (Å²) in [4.78, 5) is 16.6. The van der Waals surface area contributed by atoms with E-state index in [1.807, 2.05) is 43.5 Å². The molecule has 0 fully saturated rings. The fourth-order valence-corrected chi connectivity index (χ4v) is 4.33. The fraction of sp³-hybridized carbons (Fsp3) is 0.158. The van der Waals surface area contributed by atoms with Crippen molar-refractivity contribution in [3.05, 3.63) is 56.8 Å². The van der Waals surface area contributed by atoms with Crippen LogP contribution in [0.1, 0.15) is 23.9 Å². The first-order valence-electron chi connectivity index (χ1n) is 8.38. The molecule has 2 aromatic rings. The van der Waals surface area contributed by atoms with Crippen molar-refractivity contribution in [1.29, 1.82) is 5.41 Å². The largest absolute Gasteiger partial charge is 0.316 e. The van der Waals surface area contributed by atoms with E-state index in [2.05, 4.69) is 10.1 Å². The molecule has 1 aromatic carbocycles. The van der Waals surface area contributed by atoms with Gasteiger partial charge in [0.05, 0.1) is 26.3 Å². The van der Waals surface area contributed by atoms with Crippen molar-refractivity contribution in [2.24, 2.45) is 10.1 Å². The normalized spacial score (nSPS) is 17.9. The number of hydrogen-bond acceptors (Lipinski definition) is 4. The molecule has 4 rings (SSSR count). The van der Waals surface area contributed by atoms with E-state index in [4.69, 9.17) is 28.6 Å². The average molecular weight is 432 g/mol. The number of benzene rings is 1. The summed E-state index contributed by atoms with van der Waals surface area (Å²) < 4.78 is 1.97. The van der Waals surface area contributed by atoms with Gasteiger partial charge in [-0.3, -0.25) is 10.2 Å². The number of rotatable bonds is 2. The minimum atomic E-state index is -0.445. The first-order valence-corrected chi connectivity index (χ1v) is 9.95. The molecule has 28 heavy (non-hydrogen) atoms. The Hall–Kier alpha value is -2.35. The number of carbonyl (C=O) groups excluding carboxylic acids is 1. The summed E-state index contributed by atoms with van der Waals surface area (Å²) in [7, 11) is 0. The van der Waals surface area contributed by atoms with Gasteiger partial charge in [-0.25, -0.2) is 0 Å². The Morgan fingerprint density at radius 3 is 2.71 bits per heavy atom. The number of amidine groups is 2. The van der Waals surface area contributed by atoms with Gasteiger partial charge in [0.1, 0.15) is 0 Å². The number of hydrazone groups is 1. The maximum atomic E-state index is 12.5. The molecule has 0 unspecified atom stereocenters. The molecule has 142 valence electrons. The van der Waals surface area contributed by atoms with Gasteiger partial charge in [0.25, 0.3) is 5.91 Å². The third-order valence-corrected chi connectivity index (χ3v) is 6.13. The average Bonchev–Trinajstić information content (AvgIpc) is 3.13. The predicted octanol–water partition coefficient (Wildman–Crippen LogP) is 5.04. The second-order valence-electron chi connectivity index (χ2n) is 6.37. The monoisotopic (exact) mass is 431 g/mol. The minimum absolute atomic E-state index is 0.0185. The zero-order valence-electron chi connectivity index (χ0n) is 15.2. The van der Waals surface area contributed by atoms with E-state index >= 15 is 0 Å². The third-order valence-electron chi connectivity index (χ3n) is 4.50. The van der Waals surface area contributed by atoms with Crippen molar-refractivity contribution < 1.29 is 4.79 Å². The lowest BCUT2D eigenvalue weighted by atomic mass is 10.1. The van der Waals surface area contributed by atoms with E-state index in [0.717, 1.165) is 27.7 Å². The van der Waals surface area contributed by atoms with Crippen LogP contribution in [0.5, 0.6) is 0 Å². The first kappa shape index (κ1) is 19.0. The summed E-state index contributed by atoms with van der Waals surface area (Å²) in [5.74, 6) is -0.427. The molecule has 2 aliphatic rings. The Morgan fingerprint density at radius 1 is 1.21 bits per heavy atom. The van der Waals surface area contributed by atoms with Crippen LogP contribution >= 0.6 is 35.0 Å². The number of aryl methyl sites for hydroxylation is 1. The quantitative estimate of drug-likeness (QED) is 0.676. The molecule has 1 amide bonds. The highest BCUT2D eigenvalue weighted by Crippen LogP contribution is 2.33. The second-order valence-corrected chi connectivity index (χ2v) is 8.32. The topological polar surface area (TPSA) is 73.8 Å². The van der Waals surface area contributed by atoms with Crippen molar-refractivity contribution >= 4 is 63.0 Å². The van der Waals surface area contributed by atoms with E-state index in [1.165, 1.54) is 16.8 Å². The van der Waals surface area contributed by atoms with Gasteiger partial charge in [-0.05, 0) is 62.4 Å². The molecular weight excluding hydrogens is 417 g/mol. The Bertz CT molecular complexity index is 1150. The molecule has 0 saturated carbocycles. The number of amides is 1. The summed E-state index contributed by atoms with van der Waals surface area (Å²) in [6, 6.07) is 7.39. The maximum absolute atomic E-state index is 12.5. The molecule has 0 spiro atoms. The van der Waals surface area contributed by atoms with E-state index in [-0.39, 0.29) is 11.4 Å². The van der Waals surface area contributed by atoms with Crippen LogP contribution in [-0.2, 0) is 4.79 Å². The van der Waals surface area contributed by atoms with Gasteiger partial charge in [-0.2, -0.15) is 15.1 Å². The van der Waals surface area contributed by atoms with Crippen LogP contribution in [-0.4, -0.2) is 31.5 Å². The van der Waals surface area contributed by atoms with E-state index in [9.17, 15) is 4.79 Å². The van der Waals surface area contributed by atoms with Gasteiger partial charge in [0.15, 0.2) is 5.84 Å². The number of thioether (sulfide) groups is 1. The van der Waals surface area contributed by atoms with Gasteiger partial charge in [-0.1, -0.05) is 29.3 Å². The molecule has 0 saturated heterocycles. The van der Waals surface area contributed by atoms with Crippen molar-refractivity contribution in [1.82, 2.24) is 9.58 Å². The molecule has 9 heteroatoms. The molecule has 3 heterocycles. The van der Waals surface area contributed by atoms with Crippen LogP contribution in [0.4, 0.5) is 0 Å². The number of nitrogens with zero attached hydrogens (tertiary/aromatic N) is 4. The molecule has 2 aliphatic heterocycles. The van der Waals surface area contributed by atoms with Crippen molar-refractivity contribution in [3.8, 4) is 5.69 Å². The highest BCUT2D eigenvalue weighted by molar-refractivity contribution is 8.26. The van der Waals surface area contributed by atoms with Crippen molar-refractivity contribution in [3.63, 3.8) is 0 Å².